The van der Waals surface area contributed by atoms with E-state index in [1.54, 1.807) is 0 Å². The molecule has 1 atom stereocenters. The maximum absolute atomic E-state index is 11.3. The molecule has 17 heavy (non-hydrogen) atoms. The zero-order chi connectivity index (χ0) is 13.0. The summed E-state index contributed by atoms with van der Waals surface area (Å²) in [6, 6.07) is 7.76. The van der Waals surface area contributed by atoms with Crippen LogP contribution in [-0.4, -0.2) is 11.3 Å². The molecule has 0 fully saturated rings. The number of carbonyl (C=O) groups excluding carboxylic acids is 1. The van der Waals surface area contributed by atoms with E-state index in [4.69, 9.17) is 16.3 Å². The first-order valence-corrected chi connectivity index (χ1v) is 6.26. The van der Waals surface area contributed by atoms with Gasteiger partial charge in [-0.1, -0.05) is 45.9 Å². The van der Waals surface area contributed by atoms with Crippen LogP contribution in [0.4, 0.5) is 0 Å². The maximum Gasteiger partial charge on any atom is 0.262 e. The second-order valence-electron chi connectivity index (χ2n) is 4.78. The fraction of sp³-hybridized carbons (Fsp3) is 0.500. The predicted octanol–water partition coefficient (Wildman–Crippen LogP) is 3.98. The number of benzene rings is 1. The van der Waals surface area contributed by atoms with Crippen LogP contribution in [0.1, 0.15) is 39.2 Å². The minimum absolute atomic E-state index is 0.0558. The lowest BCUT2D eigenvalue weighted by atomic mass is 10.0. The molecule has 0 aliphatic heterocycles. The number of ether oxygens (including phenoxy) is 1. The molecule has 0 aliphatic rings. The van der Waals surface area contributed by atoms with Crippen LogP contribution in [0.25, 0.3) is 0 Å². The van der Waals surface area contributed by atoms with E-state index < -0.39 is 11.3 Å². The van der Waals surface area contributed by atoms with Crippen molar-refractivity contribution in [3.8, 4) is 5.75 Å². The van der Waals surface area contributed by atoms with E-state index in [-0.39, 0.29) is 5.92 Å². The smallest absolute Gasteiger partial charge is 0.262 e. The first kappa shape index (κ1) is 14.0. The Morgan fingerprint density at radius 1 is 1.18 bits per heavy atom. The zero-order valence-corrected chi connectivity index (χ0v) is 11.5. The Hall–Kier alpha value is -1.02. The predicted molar refractivity (Wildman–Crippen MR) is 70.6 cm³/mol. The molecular weight excluding hydrogens is 236 g/mol. The Morgan fingerprint density at radius 2 is 1.76 bits per heavy atom. The summed E-state index contributed by atoms with van der Waals surface area (Å²) in [4.78, 5) is 11.3. The third-order valence-corrected chi connectivity index (χ3v) is 2.84. The van der Waals surface area contributed by atoms with Crippen molar-refractivity contribution in [2.24, 2.45) is 5.92 Å². The van der Waals surface area contributed by atoms with Crippen molar-refractivity contribution in [1.82, 2.24) is 0 Å². The van der Waals surface area contributed by atoms with Gasteiger partial charge in [-0.3, -0.25) is 4.79 Å². The summed E-state index contributed by atoms with van der Waals surface area (Å²) in [6.07, 6.45) is -0.587. The highest BCUT2D eigenvalue weighted by Gasteiger charge is 2.23. The quantitative estimate of drug-likeness (QED) is 0.743. The number of halogens is 1. The van der Waals surface area contributed by atoms with Crippen molar-refractivity contribution in [2.75, 3.05) is 0 Å². The molecule has 0 N–H and O–H groups in total. The normalized spacial score (nSPS) is 12.9. The molecule has 0 heterocycles. The first-order valence-electron chi connectivity index (χ1n) is 5.88. The lowest BCUT2D eigenvalue weighted by Crippen LogP contribution is -2.29. The molecule has 1 aromatic carbocycles. The van der Waals surface area contributed by atoms with Crippen molar-refractivity contribution in [1.29, 1.82) is 0 Å². The van der Waals surface area contributed by atoms with Gasteiger partial charge < -0.3 is 4.74 Å². The molecule has 0 bridgehead atoms. The molecule has 1 aromatic rings. The molecule has 0 aliphatic carbocycles. The standard InChI is InChI=1S/C14H19ClO2/c1-9(2)11-7-5-6-8-12(11)17-13(10(3)4)14(15)16/h5-10,13H,1-4H3. The maximum atomic E-state index is 11.3. The molecular formula is C14H19ClO2. The summed E-state index contributed by atoms with van der Waals surface area (Å²) in [6.45, 7) is 8.02. The van der Waals surface area contributed by atoms with Crippen molar-refractivity contribution in [3.05, 3.63) is 29.8 Å². The summed E-state index contributed by atoms with van der Waals surface area (Å²) in [5, 5.41) is -0.446. The lowest BCUT2D eigenvalue weighted by Gasteiger charge is -2.21. The lowest BCUT2D eigenvalue weighted by molar-refractivity contribution is -0.119. The van der Waals surface area contributed by atoms with Gasteiger partial charge in [0.15, 0.2) is 6.10 Å². The van der Waals surface area contributed by atoms with Crippen LogP contribution in [0, 0.1) is 5.92 Å². The Morgan fingerprint density at radius 3 is 2.24 bits per heavy atom. The number of hydrogen-bond donors (Lipinski definition) is 0. The first-order chi connectivity index (χ1) is 7.93. The molecule has 0 amide bonds. The summed E-state index contributed by atoms with van der Waals surface area (Å²) in [5.74, 6) is 1.15. The number of para-hydroxylation sites is 1. The molecule has 1 unspecified atom stereocenters. The van der Waals surface area contributed by atoms with E-state index in [1.165, 1.54) is 0 Å². The fourth-order valence-corrected chi connectivity index (χ4v) is 1.94. The Labute approximate surface area is 108 Å². The fourth-order valence-electron chi connectivity index (χ4n) is 1.65. The molecule has 0 saturated heterocycles. The topological polar surface area (TPSA) is 26.3 Å². The highest BCUT2D eigenvalue weighted by Crippen LogP contribution is 2.28. The number of carbonyl (C=O) groups is 1. The highest BCUT2D eigenvalue weighted by atomic mass is 35.5. The number of rotatable bonds is 5. The molecule has 3 heteroatoms. The average molecular weight is 255 g/mol. The van der Waals surface area contributed by atoms with Crippen LogP contribution in [0.15, 0.2) is 24.3 Å². The van der Waals surface area contributed by atoms with Gasteiger partial charge in [0.05, 0.1) is 0 Å². The van der Waals surface area contributed by atoms with Gasteiger partial charge in [-0.15, -0.1) is 0 Å². The van der Waals surface area contributed by atoms with Crippen molar-refractivity contribution < 1.29 is 9.53 Å². The van der Waals surface area contributed by atoms with E-state index >= 15 is 0 Å². The second-order valence-corrected chi connectivity index (χ2v) is 5.15. The highest BCUT2D eigenvalue weighted by molar-refractivity contribution is 6.64. The van der Waals surface area contributed by atoms with Gasteiger partial charge in [0.25, 0.3) is 5.24 Å². The van der Waals surface area contributed by atoms with E-state index in [2.05, 4.69) is 13.8 Å². The van der Waals surface area contributed by atoms with Crippen LogP contribution >= 0.6 is 11.6 Å². The van der Waals surface area contributed by atoms with Crippen molar-refractivity contribution in [3.63, 3.8) is 0 Å². The van der Waals surface area contributed by atoms with Crippen LogP contribution in [0.3, 0.4) is 0 Å². The minimum Gasteiger partial charge on any atom is -0.481 e. The largest absolute Gasteiger partial charge is 0.481 e. The summed E-state index contributed by atoms with van der Waals surface area (Å²) < 4.78 is 5.75. The SMILES string of the molecule is CC(C)c1ccccc1OC(C(=O)Cl)C(C)C. The molecule has 94 valence electrons. The van der Waals surface area contributed by atoms with Crippen LogP contribution in [-0.2, 0) is 4.79 Å². The molecule has 0 radical (unpaired) electrons. The van der Waals surface area contributed by atoms with Gasteiger partial charge in [-0.05, 0) is 35.1 Å². The number of hydrogen-bond acceptors (Lipinski definition) is 2. The molecule has 0 saturated carbocycles. The van der Waals surface area contributed by atoms with Gasteiger partial charge in [0, 0.05) is 0 Å². The van der Waals surface area contributed by atoms with Gasteiger partial charge in [-0.2, -0.15) is 0 Å². The Balaban J connectivity index is 2.97. The molecule has 2 nitrogen and oxygen atoms in total. The second kappa shape index (κ2) is 6.06. The molecule has 0 aromatic heterocycles. The van der Waals surface area contributed by atoms with Gasteiger partial charge in [0.1, 0.15) is 5.75 Å². The van der Waals surface area contributed by atoms with Crippen LogP contribution < -0.4 is 4.74 Å². The Kier molecular flexibility index (Phi) is 5.01. The van der Waals surface area contributed by atoms with Crippen molar-refractivity contribution >= 4 is 16.8 Å². The summed E-state index contributed by atoms with van der Waals surface area (Å²) >= 11 is 5.56. The average Bonchev–Trinajstić information content (AvgIpc) is 2.25. The van der Waals surface area contributed by atoms with E-state index in [1.807, 2.05) is 38.1 Å². The van der Waals surface area contributed by atoms with Crippen molar-refractivity contribution in [2.45, 2.75) is 39.7 Å². The molecule has 1 rings (SSSR count). The minimum atomic E-state index is -0.587. The van der Waals surface area contributed by atoms with Gasteiger partial charge >= 0.3 is 0 Å². The third kappa shape index (κ3) is 3.74. The van der Waals surface area contributed by atoms with Gasteiger partial charge in [-0.25, -0.2) is 0 Å². The Bertz CT molecular complexity index is 386. The van der Waals surface area contributed by atoms with Gasteiger partial charge in [0.2, 0.25) is 0 Å². The summed E-state index contributed by atoms with van der Waals surface area (Å²) in [7, 11) is 0. The molecule has 0 spiro atoms. The summed E-state index contributed by atoms with van der Waals surface area (Å²) in [5.41, 5.74) is 1.09. The van der Waals surface area contributed by atoms with E-state index in [9.17, 15) is 4.79 Å². The zero-order valence-electron chi connectivity index (χ0n) is 10.7. The van der Waals surface area contributed by atoms with Crippen LogP contribution in [0.2, 0.25) is 0 Å². The van der Waals surface area contributed by atoms with Crippen LogP contribution in [0.5, 0.6) is 5.75 Å². The van der Waals surface area contributed by atoms with E-state index in [0.717, 1.165) is 11.3 Å². The van der Waals surface area contributed by atoms with E-state index in [0.29, 0.717) is 5.92 Å². The third-order valence-electron chi connectivity index (χ3n) is 2.62. The monoisotopic (exact) mass is 254 g/mol.